The van der Waals surface area contributed by atoms with Gasteiger partial charge in [0.25, 0.3) is 15.0 Å². The Labute approximate surface area is 134 Å². The lowest BCUT2D eigenvalue weighted by Crippen LogP contribution is -2.32. The summed E-state index contributed by atoms with van der Waals surface area (Å²) in [6.07, 6.45) is 4.15. The molecule has 1 heterocycles. The van der Waals surface area contributed by atoms with Crippen LogP contribution in [0.15, 0.2) is 17.0 Å². The quantitative estimate of drug-likeness (QED) is 0.766. The van der Waals surface area contributed by atoms with E-state index in [1.54, 1.807) is 11.8 Å². The predicted octanol–water partition coefficient (Wildman–Crippen LogP) is 3.59. The first-order chi connectivity index (χ1) is 9.80. The first-order valence-electron chi connectivity index (χ1n) is 6.85. The maximum atomic E-state index is 12.6. The molecule has 0 unspecified atom stereocenters. The van der Waals surface area contributed by atoms with Crippen LogP contribution in [0.3, 0.4) is 0 Å². The van der Waals surface area contributed by atoms with Gasteiger partial charge in [-0.05, 0) is 37.5 Å². The molecule has 1 saturated heterocycles. The molecule has 0 bridgehead atoms. The van der Waals surface area contributed by atoms with Crippen LogP contribution in [-0.4, -0.2) is 32.3 Å². The fourth-order valence-electron chi connectivity index (χ4n) is 2.57. The third kappa shape index (κ3) is 3.90. The molecule has 0 atom stereocenters. The summed E-state index contributed by atoms with van der Waals surface area (Å²) in [6.45, 7) is 2.96. The van der Waals surface area contributed by atoms with Crippen LogP contribution in [-0.2, 0) is 9.05 Å². The minimum atomic E-state index is -3.93. The van der Waals surface area contributed by atoms with Crippen LogP contribution >= 0.6 is 22.3 Å². The van der Waals surface area contributed by atoms with E-state index in [-0.39, 0.29) is 15.8 Å². The van der Waals surface area contributed by atoms with E-state index < -0.39 is 9.05 Å². The van der Waals surface area contributed by atoms with Crippen molar-refractivity contribution < 1.29 is 13.2 Å². The number of amides is 1. The smallest absolute Gasteiger partial charge is 0.261 e. The van der Waals surface area contributed by atoms with E-state index in [4.69, 9.17) is 22.3 Å². The number of hydrogen-bond acceptors (Lipinski definition) is 3. The van der Waals surface area contributed by atoms with Crippen LogP contribution in [0.25, 0.3) is 0 Å². The summed E-state index contributed by atoms with van der Waals surface area (Å²) in [5.74, 6) is -0.182. The normalized spacial score (nSPS) is 16.6. The van der Waals surface area contributed by atoms with Crippen molar-refractivity contribution in [1.29, 1.82) is 0 Å². The first-order valence-corrected chi connectivity index (χ1v) is 9.53. The molecule has 4 nitrogen and oxygen atoms in total. The topological polar surface area (TPSA) is 54.5 Å². The van der Waals surface area contributed by atoms with Crippen molar-refractivity contribution in [1.82, 2.24) is 4.90 Å². The zero-order chi connectivity index (χ0) is 15.6. The van der Waals surface area contributed by atoms with Crippen LogP contribution in [0.1, 0.15) is 41.6 Å². The zero-order valence-electron chi connectivity index (χ0n) is 11.7. The molecule has 0 aliphatic carbocycles. The Hall–Kier alpha value is -0.780. The Morgan fingerprint density at radius 3 is 2.24 bits per heavy atom. The molecule has 7 heteroatoms. The SMILES string of the molecule is Cc1c(C(=O)N2CCCCCC2)cc(Cl)cc1S(=O)(=O)Cl. The molecule has 0 N–H and O–H groups in total. The van der Waals surface area contributed by atoms with E-state index >= 15 is 0 Å². The van der Waals surface area contributed by atoms with Crippen LogP contribution in [0.5, 0.6) is 0 Å². The summed E-state index contributed by atoms with van der Waals surface area (Å²) in [5.41, 5.74) is 0.660. The molecule has 0 aromatic heterocycles. The molecule has 1 aromatic rings. The van der Waals surface area contributed by atoms with Gasteiger partial charge in [-0.15, -0.1) is 0 Å². The van der Waals surface area contributed by atoms with Crippen molar-refractivity contribution in [3.63, 3.8) is 0 Å². The van der Waals surface area contributed by atoms with E-state index in [1.807, 2.05) is 0 Å². The second-order valence-corrected chi connectivity index (χ2v) is 8.19. The van der Waals surface area contributed by atoms with Crippen molar-refractivity contribution >= 4 is 37.2 Å². The van der Waals surface area contributed by atoms with E-state index in [2.05, 4.69) is 0 Å². The van der Waals surface area contributed by atoms with E-state index in [0.717, 1.165) is 25.7 Å². The number of carbonyl (C=O) groups is 1. The monoisotopic (exact) mass is 349 g/mol. The standard InChI is InChI=1S/C14H17Cl2NO3S/c1-10-12(8-11(15)9-13(10)21(16,19)20)14(18)17-6-4-2-3-5-7-17/h8-9H,2-7H2,1H3. The highest BCUT2D eigenvalue weighted by Crippen LogP contribution is 2.28. The van der Waals surface area contributed by atoms with Gasteiger partial charge in [0.15, 0.2) is 0 Å². The largest absolute Gasteiger partial charge is 0.339 e. The van der Waals surface area contributed by atoms with Crippen molar-refractivity contribution in [2.24, 2.45) is 0 Å². The molecule has 0 radical (unpaired) electrons. The molecule has 21 heavy (non-hydrogen) atoms. The minimum absolute atomic E-state index is 0.102. The second-order valence-electron chi connectivity index (χ2n) is 5.22. The number of rotatable bonds is 2. The molecule has 0 spiro atoms. The van der Waals surface area contributed by atoms with E-state index in [1.165, 1.54) is 12.1 Å². The third-order valence-corrected chi connectivity index (χ3v) is 5.38. The molecule has 0 saturated carbocycles. The number of likely N-dealkylation sites (tertiary alicyclic amines) is 1. The van der Waals surface area contributed by atoms with Crippen LogP contribution in [0.4, 0.5) is 0 Å². The summed E-state index contributed by atoms with van der Waals surface area (Å²) in [5, 5.41) is 0.193. The molecule has 1 fully saturated rings. The predicted molar refractivity (Wildman–Crippen MR) is 83.6 cm³/mol. The Balaban J connectivity index is 2.43. The summed E-state index contributed by atoms with van der Waals surface area (Å²) in [4.78, 5) is 14.3. The van der Waals surface area contributed by atoms with Gasteiger partial charge in [0.2, 0.25) is 0 Å². The maximum Gasteiger partial charge on any atom is 0.261 e. The summed E-state index contributed by atoms with van der Waals surface area (Å²) in [7, 11) is 1.48. The Kier molecular flexibility index (Phi) is 5.17. The highest BCUT2D eigenvalue weighted by Gasteiger charge is 2.24. The van der Waals surface area contributed by atoms with E-state index in [9.17, 15) is 13.2 Å². The van der Waals surface area contributed by atoms with E-state index in [0.29, 0.717) is 24.2 Å². The fourth-order valence-corrected chi connectivity index (χ4v) is 4.08. The molecular formula is C14H17Cl2NO3S. The van der Waals surface area contributed by atoms with Gasteiger partial charge in [-0.1, -0.05) is 24.4 Å². The zero-order valence-corrected chi connectivity index (χ0v) is 14.1. The van der Waals surface area contributed by atoms with Gasteiger partial charge in [-0.3, -0.25) is 4.79 Å². The van der Waals surface area contributed by atoms with Crippen LogP contribution < -0.4 is 0 Å². The van der Waals surface area contributed by atoms with Gasteiger partial charge >= 0.3 is 0 Å². The summed E-state index contributed by atoms with van der Waals surface area (Å²) < 4.78 is 23.2. The highest BCUT2D eigenvalue weighted by atomic mass is 35.7. The average Bonchev–Trinajstić information content (AvgIpc) is 2.68. The van der Waals surface area contributed by atoms with Gasteiger partial charge < -0.3 is 4.90 Å². The molecule has 1 aliphatic rings. The second kappa shape index (κ2) is 6.55. The first kappa shape index (κ1) is 16.6. The Bertz CT molecular complexity index is 650. The lowest BCUT2D eigenvalue weighted by molar-refractivity contribution is 0.0760. The number of nitrogens with zero attached hydrogens (tertiary/aromatic N) is 1. The molecule has 2 rings (SSSR count). The molecular weight excluding hydrogens is 333 g/mol. The summed E-state index contributed by atoms with van der Waals surface area (Å²) in [6, 6.07) is 2.79. The van der Waals surface area contributed by atoms with Crippen molar-refractivity contribution in [3.05, 3.63) is 28.3 Å². The fraction of sp³-hybridized carbons (Fsp3) is 0.500. The van der Waals surface area contributed by atoms with Gasteiger partial charge in [0.1, 0.15) is 0 Å². The number of halogens is 2. The molecule has 1 amide bonds. The molecule has 1 aromatic carbocycles. The summed E-state index contributed by atoms with van der Waals surface area (Å²) >= 11 is 5.95. The van der Waals surface area contributed by atoms with Gasteiger partial charge in [0.05, 0.1) is 4.90 Å². The van der Waals surface area contributed by atoms with Crippen molar-refractivity contribution in [2.75, 3.05) is 13.1 Å². The lowest BCUT2D eigenvalue weighted by Gasteiger charge is -2.22. The molecule has 1 aliphatic heterocycles. The Morgan fingerprint density at radius 1 is 1.14 bits per heavy atom. The number of hydrogen-bond donors (Lipinski definition) is 0. The number of carbonyl (C=O) groups excluding carboxylic acids is 1. The van der Waals surface area contributed by atoms with Gasteiger partial charge in [0, 0.05) is 34.4 Å². The van der Waals surface area contributed by atoms with Gasteiger partial charge in [-0.2, -0.15) is 0 Å². The van der Waals surface area contributed by atoms with Crippen LogP contribution in [0, 0.1) is 6.92 Å². The van der Waals surface area contributed by atoms with Crippen LogP contribution in [0.2, 0.25) is 5.02 Å². The molecule has 116 valence electrons. The maximum absolute atomic E-state index is 12.6. The highest BCUT2D eigenvalue weighted by molar-refractivity contribution is 8.13. The average molecular weight is 350 g/mol. The van der Waals surface area contributed by atoms with Gasteiger partial charge in [-0.25, -0.2) is 8.42 Å². The third-order valence-electron chi connectivity index (χ3n) is 3.71. The van der Waals surface area contributed by atoms with Crippen molar-refractivity contribution in [2.45, 2.75) is 37.5 Å². The minimum Gasteiger partial charge on any atom is -0.339 e. The Morgan fingerprint density at radius 2 is 1.71 bits per heavy atom. The number of benzene rings is 1. The van der Waals surface area contributed by atoms with Crippen molar-refractivity contribution in [3.8, 4) is 0 Å². The lowest BCUT2D eigenvalue weighted by atomic mass is 10.1.